The van der Waals surface area contributed by atoms with Crippen LogP contribution in [0, 0.1) is 0 Å². The molecule has 6 nitrogen and oxygen atoms in total. The lowest BCUT2D eigenvalue weighted by atomic mass is 10.0. The van der Waals surface area contributed by atoms with Crippen LogP contribution in [0.1, 0.15) is 26.7 Å². The van der Waals surface area contributed by atoms with Gasteiger partial charge in [0.05, 0.1) is 6.61 Å². The molecule has 1 aliphatic rings. The molecule has 1 rings (SSSR count). The number of aliphatic hydroxyl groups is 2. The van der Waals surface area contributed by atoms with Gasteiger partial charge in [0, 0.05) is 13.3 Å². The molecule has 0 saturated carbocycles. The summed E-state index contributed by atoms with van der Waals surface area (Å²) in [7, 11) is 0. The molecule has 0 spiro atoms. The van der Waals surface area contributed by atoms with Gasteiger partial charge in [-0.25, -0.2) is 0 Å². The summed E-state index contributed by atoms with van der Waals surface area (Å²) in [6, 6.07) is 0. The third-order valence-corrected chi connectivity index (χ3v) is 2.67. The lowest BCUT2D eigenvalue weighted by Gasteiger charge is -2.38. The number of aliphatic hydroxyl groups excluding tert-OH is 2. The summed E-state index contributed by atoms with van der Waals surface area (Å²) >= 11 is 0. The molecular weight excluding hydrogens is 226 g/mol. The maximum absolute atomic E-state index is 10.9. The number of ether oxygens (including phenoxy) is 2. The normalized spacial score (nSPS) is 33.4. The number of hydrogen-bond donors (Lipinski definition) is 3. The molecule has 1 heterocycles. The molecule has 0 radical (unpaired) electrons. The van der Waals surface area contributed by atoms with E-state index in [4.69, 9.17) is 14.6 Å². The molecule has 0 aromatic carbocycles. The Morgan fingerprint density at radius 3 is 2.82 bits per heavy atom. The van der Waals surface area contributed by atoms with Gasteiger partial charge in [0.25, 0.3) is 0 Å². The topological polar surface area (TPSA) is 88.0 Å². The van der Waals surface area contributed by atoms with E-state index in [-0.39, 0.29) is 12.8 Å². The van der Waals surface area contributed by atoms with E-state index in [9.17, 15) is 9.90 Å². The van der Waals surface area contributed by atoms with E-state index >= 15 is 0 Å². The molecule has 0 aromatic rings. The van der Waals surface area contributed by atoms with E-state index in [1.165, 1.54) is 6.92 Å². The van der Waals surface area contributed by atoms with Crippen molar-refractivity contribution in [2.24, 2.45) is 0 Å². The summed E-state index contributed by atoms with van der Waals surface area (Å²) in [5.41, 5.74) is 0. The predicted octanol–water partition coefficient (Wildman–Crippen LogP) is -0.614. The highest BCUT2D eigenvalue weighted by Gasteiger charge is 2.38. The van der Waals surface area contributed by atoms with Gasteiger partial charge in [-0.15, -0.1) is 0 Å². The van der Waals surface area contributed by atoms with Crippen molar-refractivity contribution in [2.75, 3.05) is 13.2 Å². The summed E-state index contributed by atoms with van der Waals surface area (Å²) in [5, 5.41) is 22.1. The summed E-state index contributed by atoms with van der Waals surface area (Å²) in [6.07, 6.45) is -1.31. The second kappa shape index (κ2) is 6.90. The van der Waals surface area contributed by atoms with Crippen molar-refractivity contribution in [3.63, 3.8) is 0 Å². The fourth-order valence-electron chi connectivity index (χ4n) is 1.86. The Balaban J connectivity index is 2.58. The average molecular weight is 247 g/mol. The van der Waals surface area contributed by atoms with Crippen LogP contribution in [0.4, 0.5) is 0 Å². The average Bonchev–Trinajstić information content (AvgIpc) is 2.29. The SMILES string of the molecule is CCCNC1CC(OC(C)=O)C(O)C(CO)O1. The van der Waals surface area contributed by atoms with Crippen molar-refractivity contribution in [1.82, 2.24) is 5.32 Å². The van der Waals surface area contributed by atoms with Gasteiger partial charge < -0.3 is 19.7 Å². The number of carbonyl (C=O) groups is 1. The zero-order valence-electron chi connectivity index (χ0n) is 10.3. The first kappa shape index (κ1) is 14.4. The van der Waals surface area contributed by atoms with Gasteiger partial charge in [-0.05, 0) is 13.0 Å². The molecule has 1 aliphatic heterocycles. The van der Waals surface area contributed by atoms with Crippen LogP contribution in [0.2, 0.25) is 0 Å². The van der Waals surface area contributed by atoms with Gasteiger partial charge in [0.1, 0.15) is 24.5 Å². The van der Waals surface area contributed by atoms with Crippen LogP contribution in [0.25, 0.3) is 0 Å². The van der Waals surface area contributed by atoms with E-state index in [0.717, 1.165) is 13.0 Å². The minimum absolute atomic E-state index is 0.302. The quantitative estimate of drug-likeness (QED) is 0.562. The number of nitrogens with one attached hydrogen (secondary N) is 1. The first-order valence-electron chi connectivity index (χ1n) is 5.93. The van der Waals surface area contributed by atoms with Gasteiger partial charge in [-0.2, -0.15) is 0 Å². The molecule has 0 amide bonds. The molecule has 17 heavy (non-hydrogen) atoms. The Kier molecular flexibility index (Phi) is 5.84. The van der Waals surface area contributed by atoms with Crippen LogP contribution in [0.15, 0.2) is 0 Å². The highest BCUT2D eigenvalue weighted by Crippen LogP contribution is 2.21. The predicted molar refractivity (Wildman–Crippen MR) is 60.2 cm³/mol. The molecule has 100 valence electrons. The van der Waals surface area contributed by atoms with E-state index in [2.05, 4.69) is 5.32 Å². The molecule has 0 bridgehead atoms. The fourth-order valence-corrected chi connectivity index (χ4v) is 1.86. The molecule has 4 unspecified atom stereocenters. The van der Waals surface area contributed by atoms with Gasteiger partial charge >= 0.3 is 5.97 Å². The van der Waals surface area contributed by atoms with Crippen molar-refractivity contribution in [2.45, 2.75) is 51.2 Å². The number of carbonyl (C=O) groups excluding carboxylic acids is 1. The molecule has 6 heteroatoms. The Labute approximate surface area is 101 Å². The zero-order chi connectivity index (χ0) is 12.8. The van der Waals surface area contributed by atoms with Crippen molar-refractivity contribution in [1.29, 1.82) is 0 Å². The Hall–Kier alpha value is -0.690. The van der Waals surface area contributed by atoms with Crippen molar-refractivity contribution in [3.8, 4) is 0 Å². The summed E-state index contributed by atoms with van der Waals surface area (Å²) in [6.45, 7) is 3.79. The number of esters is 1. The minimum Gasteiger partial charge on any atom is -0.460 e. The van der Waals surface area contributed by atoms with E-state index in [1.54, 1.807) is 0 Å². The number of hydrogen-bond acceptors (Lipinski definition) is 6. The van der Waals surface area contributed by atoms with Crippen LogP contribution in [-0.2, 0) is 14.3 Å². The van der Waals surface area contributed by atoms with Crippen molar-refractivity contribution >= 4 is 5.97 Å². The van der Waals surface area contributed by atoms with Crippen LogP contribution in [0.5, 0.6) is 0 Å². The molecule has 4 atom stereocenters. The highest BCUT2D eigenvalue weighted by atomic mass is 16.6. The van der Waals surface area contributed by atoms with Crippen LogP contribution in [-0.4, -0.2) is 53.9 Å². The summed E-state index contributed by atoms with van der Waals surface area (Å²) in [4.78, 5) is 10.9. The lowest BCUT2D eigenvalue weighted by molar-refractivity contribution is -0.202. The second-order valence-electron chi connectivity index (χ2n) is 4.17. The van der Waals surface area contributed by atoms with Gasteiger partial charge in [-0.1, -0.05) is 6.92 Å². The Bertz CT molecular complexity index is 248. The molecular formula is C11H21NO5. The standard InChI is InChI=1S/C11H21NO5/c1-3-4-12-10-5-8(16-7(2)14)11(15)9(6-13)17-10/h8-13,15H,3-6H2,1-2H3. The Morgan fingerprint density at radius 2 is 2.29 bits per heavy atom. The minimum atomic E-state index is -0.983. The Morgan fingerprint density at radius 1 is 1.59 bits per heavy atom. The molecule has 0 aliphatic carbocycles. The zero-order valence-corrected chi connectivity index (χ0v) is 10.3. The van der Waals surface area contributed by atoms with Crippen LogP contribution in [0.3, 0.4) is 0 Å². The van der Waals surface area contributed by atoms with Crippen LogP contribution < -0.4 is 5.32 Å². The van der Waals surface area contributed by atoms with Crippen molar-refractivity contribution in [3.05, 3.63) is 0 Å². The lowest BCUT2D eigenvalue weighted by Crippen LogP contribution is -2.55. The summed E-state index contributed by atoms with van der Waals surface area (Å²) < 4.78 is 10.5. The van der Waals surface area contributed by atoms with E-state index in [0.29, 0.717) is 6.42 Å². The smallest absolute Gasteiger partial charge is 0.302 e. The first-order valence-corrected chi connectivity index (χ1v) is 5.93. The molecule has 1 saturated heterocycles. The third kappa shape index (κ3) is 4.23. The van der Waals surface area contributed by atoms with Gasteiger partial charge in [0.2, 0.25) is 0 Å². The van der Waals surface area contributed by atoms with E-state index < -0.39 is 24.3 Å². The fraction of sp³-hybridized carbons (Fsp3) is 0.909. The molecule has 0 aromatic heterocycles. The second-order valence-corrected chi connectivity index (χ2v) is 4.17. The van der Waals surface area contributed by atoms with E-state index in [1.807, 2.05) is 6.92 Å². The maximum atomic E-state index is 10.9. The number of rotatable bonds is 5. The first-order chi connectivity index (χ1) is 8.08. The van der Waals surface area contributed by atoms with Gasteiger partial charge in [-0.3, -0.25) is 10.1 Å². The molecule has 3 N–H and O–H groups in total. The largest absolute Gasteiger partial charge is 0.460 e. The summed E-state index contributed by atoms with van der Waals surface area (Å²) in [5.74, 6) is -0.443. The molecule has 1 fully saturated rings. The van der Waals surface area contributed by atoms with Crippen molar-refractivity contribution < 1.29 is 24.5 Å². The van der Waals surface area contributed by atoms with Crippen LogP contribution >= 0.6 is 0 Å². The maximum Gasteiger partial charge on any atom is 0.302 e. The monoisotopic (exact) mass is 247 g/mol. The third-order valence-electron chi connectivity index (χ3n) is 2.67. The highest BCUT2D eigenvalue weighted by molar-refractivity contribution is 5.66. The van der Waals surface area contributed by atoms with Gasteiger partial charge in [0.15, 0.2) is 0 Å².